The molecule has 0 aliphatic heterocycles. The van der Waals surface area contributed by atoms with Crippen molar-refractivity contribution in [2.75, 3.05) is 0 Å². The minimum Gasteiger partial charge on any atom is -0.310 e. The van der Waals surface area contributed by atoms with Gasteiger partial charge in [-0.15, -0.1) is 0 Å². The van der Waals surface area contributed by atoms with Gasteiger partial charge in [0.15, 0.2) is 5.03 Å². The Morgan fingerprint density at radius 3 is 2.86 bits per heavy atom. The molecular weight excluding hydrogens is 292 g/mol. The minimum atomic E-state index is -3.65. The second-order valence-corrected chi connectivity index (χ2v) is 6.90. The number of hydrogen-bond acceptors (Lipinski definition) is 5. The number of aromatic amines is 2. The van der Waals surface area contributed by atoms with Gasteiger partial charge in [0.25, 0.3) is 10.0 Å². The average Bonchev–Trinajstić information content (AvgIpc) is 2.95. The maximum absolute atomic E-state index is 12.4. The van der Waals surface area contributed by atoms with Crippen molar-refractivity contribution >= 4 is 10.0 Å². The summed E-state index contributed by atoms with van der Waals surface area (Å²) in [4.78, 5) is 0. The summed E-state index contributed by atoms with van der Waals surface area (Å²) in [6, 6.07) is 0.134. The Labute approximate surface area is 122 Å². The topological polar surface area (TPSA) is 116 Å². The van der Waals surface area contributed by atoms with Crippen LogP contribution >= 0.6 is 0 Å². The number of sulfonamides is 1. The van der Waals surface area contributed by atoms with Crippen LogP contribution in [0.5, 0.6) is 0 Å². The third kappa shape index (κ3) is 3.31. The third-order valence-electron chi connectivity index (χ3n) is 3.46. The van der Waals surface area contributed by atoms with Crippen LogP contribution in [0.4, 0.5) is 0 Å². The molecule has 8 nitrogen and oxygen atoms in total. The first-order valence-electron chi connectivity index (χ1n) is 6.83. The van der Waals surface area contributed by atoms with Gasteiger partial charge in [-0.25, -0.2) is 13.1 Å². The van der Waals surface area contributed by atoms with Crippen molar-refractivity contribution < 1.29 is 8.42 Å². The summed E-state index contributed by atoms with van der Waals surface area (Å²) in [6.07, 6.45) is 7.10. The van der Waals surface area contributed by atoms with Gasteiger partial charge in [0.05, 0.1) is 12.4 Å². The molecule has 0 bridgehead atoms. The minimum absolute atomic E-state index is 0.117. The van der Waals surface area contributed by atoms with E-state index >= 15 is 0 Å². The van der Waals surface area contributed by atoms with Gasteiger partial charge in [-0.05, 0) is 19.8 Å². The number of nitrogens with one attached hydrogen (secondary N) is 4. The molecule has 0 spiro atoms. The fourth-order valence-electron chi connectivity index (χ4n) is 2.06. The number of rotatable bonds is 7. The summed E-state index contributed by atoms with van der Waals surface area (Å²) in [5, 5.41) is 16.3. The van der Waals surface area contributed by atoms with Gasteiger partial charge in [0.2, 0.25) is 0 Å². The van der Waals surface area contributed by atoms with Gasteiger partial charge < -0.3 is 5.32 Å². The fourth-order valence-corrected chi connectivity index (χ4v) is 3.42. The Morgan fingerprint density at radius 2 is 2.19 bits per heavy atom. The zero-order valence-electron chi connectivity index (χ0n) is 11.6. The lowest BCUT2D eigenvalue weighted by atomic mass is 10.2. The normalized spacial score (nSPS) is 17.0. The summed E-state index contributed by atoms with van der Waals surface area (Å²) in [6.45, 7) is 2.26. The quantitative estimate of drug-likeness (QED) is 0.592. The molecule has 1 atom stereocenters. The molecule has 9 heteroatoms. The highest BCUT2D eigenvalue weighted by atomic mass is 32.2. The molecule has 1 aliphatic carbocycles. The summed E-state index contributed by atoms with van der Waals surface area (Å²) >= 11 is 0. The summed E-state index contributed by atoms with van der Waals surface area (Å²) < 4.78 is 27.5. The van der Waals surface area contributed by atoms with Crippen molar-refractivity contribution in [2.45, 2.75) is 43.4 Å². The van der Waals surface area contributed by atoms with Crippen LogP contribution in [0.15, 0.2) is 23.6 Å². The van der Waals surface area contributed by atoms with E-state index in [0.717, 1.165) is 18.4 Å². The van der Waals surface area contributed by atoms with Crippen molar-refractivity contribution in [3.05, 3.63) is 29.7 Å². The maximum atomic E-state index is 12.4. The van der Waals surface area contributed by atoms with Gasteiger partial charge in [0, 0.05) is 36.0 Å². The van der Waals surface area contributed by atoms with E-state index in [1.807, 2.05) is 0 Å². The fraction of sp³-hybridized carbons (Fsp3) is 0.500. The van der Waals surface area contributed by atoms with E-state index in [4.69, 9.17) is 0 Å². The molecule has 0 aromatic carbocycles. The van der Waals surface area contributed by atoms with Crippen LogP contribution in [0.2, 0.25) is 0 Å². The Bertz CT molecular complexity index is 689. The lowest BCUT2D eigenvalue weighted by molar-refractivity contribution is 0.559. The summed E-state index contributed by atoms with van der Waals surface area (Å²) in [5.74, 6) is 0. The molecule has 0 saturated heterocycles. The molecule has 0 amide bonds. The largest absolute Gasteiger partial charge is 0.310 e. The maximum Gasteiger partial charge on any atom is 0.258 e. The molecule has 21 heavy (non-hydrogen) atoms. The van der Waals surface area contributed by atoms with E-state index < -0.39 is 10.0 Å². The van der Waals surface area contributed by atoms with Gasteiger partial charge in [-0.3, -0.25) is 10.2 Å². The van der Waals surface area contributed by atoms with Crippen LogP contribution in [0, 0.1) is 0 Å². The number of H-pyrrole nitrogens is 2. The monoisotopic (exact) mass is 310 g/mol. The molecule has 114 valence electrons. The molecular formula is C12H18N6O2S. The van der Waals surface area contributed by atoms with E-state index in [0.29, 0.717) is 18.2 Å². The zero-order valence-corrected chi connectivity index (χ0v) is 12.4. The second kappa shape index (κ2) is 5.58. The van der Waals surface area contributed by atoms with E-state index in [1.165, 1.54) is 0 Å². The first-order chi connectivity index (χ1) is 10.1. The van der Waals surface area contributed by atoms with E-state index in [1.54, 1.807) is 25.5 Å². The van der Waals surface area contributed by atoms with Gasteiger partial charge in [0.1, 0.15) is 0 Å². The predicted molar refractivity (Wildman–Crippen MR) is 75.8 cm³/mol. The van der Waals surface area contributed by atoms with Gasteiger partial charge >= 0.3 is 0 Å². The van der Waals surface area contributed by atoms with Crippen LogP contribution in [0.1, 0.15) is 36.9 Å². The molecule has 1 aliphatic rings. The molecule has 3 rings (SSSR count). The van der Waals surface area contributed by atoms with E-state index in [2.05, 4.69) is 30.4 Å². The average molecular weight is 310 g/mol. The van der Waals surface area contributed by atoms with Crippen LogP contribution < -0.4 is 10.0 Å². The predicted octanol–water partition coefficient (Wildman–Crippen LogP) is 0.424. The van der Waals surface area contributed by atoms with Gasteiger partial charge in [-0.1, -0.05) is 0 Å². The Balaban J connectivity index is 1.73. The SMILES string of the molecule is CC(NS(=O)(=O)c1[nH]ncc1CNC1CC1)c1cn[nH]c1. The standard InChI is InChI=1S/C12H18N6O2S/c1-8(9-5-14-15-6-9)18-21(19,20)12-10(7-16-17-12)4-13-11-2-3-11/h5-8,11,13,18H,2-4H2,1H3,(H,14,15)(H,16,17). The number of aromatic nitrogens is 4. The highest BCUT2D eigenvalue weighted by molar-refractivity contribution is 7.89. The molecule has 0 radical (unpaired) electrons. The first-order valence-corrected chi connectivity index (χ1v) is 8.31. The van der Waals surface area contributed by atoms with Crippen LogP contribution in [-0.4, -0.2) is 34.9 Å². The Kier molecular flexibility index (Phi) is 3.79. The van der Waals surface area contributed by atoms with Crippen molar-refractivity contribution in [2.24, 2.45) is 0 Å². The lowest BCUT2D eigenvalue weighted by Crippen LogP contribution is -2.28. The van der Waals surface area contributed by atoms with Crippen LogP contribution in [-0.2, 0) is 16.6 Å². The molecule has 1 saturated carbocycles. The van der Waals surface area contributed by atoms with E-state index in [9.17, 15) is 8.42 Å². The molecule has 2 aromatic rings. The van der Waals surface area contributed by atoms with Crippen molar-refractivity contribution in [1.82, 2.24) is 30.4 Å². The zero-order chi connectivity index (χ0) is 14.9. The van der Waals surface area contributed by atoms with E-state index in [-0.39, 0.29) is 11.1 Å². The smallest absolute Gasteiger partial charge is 0.258 e. The molecule has 1 fully saturated rings. The highest BCUT2D eigenvalue weighted by Gasteiger charge is 2.26. The lowest BCUT2D eigenvalue weighted by Gasteiger charge is -2.12. The highest BCUT2D eigenvalue weighted by Crippen LogP contribution is 2.21. The van der Waals surface area contributed by atoms with Crippen LogP contribution in [0.3, 0.4) is 0 Å². The van der Waals surface area contributed by atoms with Crippen molar-refractivity contribution in [3.63, 3.8) is 0 Å². The molecule has 2 aromatic heterocycles. The molecule has 2 heterocycles. The number of nitrogens with zero attached hydrogens (tertiary/aromatic N) is 2. The van der Waals surface area contributed by atoms with Crippen LogP contribution in [0.25, 0.3) is 0 Å². The van der Waals surface area contributed by atoms with Crippen molar-refractivity contribution in [3.8, 4) is 0 Å². The third-order valence-corrected chi connectivity index (χ3v) is 5.01. The Morgan fingerprint density at radius 1 is 1.38 bits per heavy atom. The summed E-state index contributed by atoms with van der Waals surface area (Å²) in [7, 11) is -3.65. The first kappa shape index (κ1) is 14.2. The Hall–Kier alpha value is -1.71. The molecule has 4 N–H and O–H groups in total. The number of hydrogen-bond donors (Lipinski definition) is 4. The second-order valence-electron chi connectivity index (χ2n) is 5.25. The summed E-state index contributed by atoms with van der Waals surface area (Å²) in [5.41, 5.74) is 1.42. The van der Waals surface area contributed by atoms with Crippen molar-refractivity contribution in [1.29, 1.82) is 0 Å². The molecule has 1 unspecified atom stereocenters. The van der Waals surface area contributed by atoms with Gasteiger partial charge in [-0.2, -0.15) is 10.2 Å².